The number of sulfonamides is 1. The first-order valence-corrected chi connectivity index (χ1v) is 7.25. The molecule has 1 saturated heterocycles. The summed E-state index contributed by atoms with van der Waals surface area (Å²) in [6.45, 7) is 1.19. The minimum absolute atomic E-state index is 0.194. The second-order valence-corrected chi connectivity index (χ2v) is 6.21. The van der Waals surface area contributed by atoms with Crippen LogP contribution in [-0.4, -0.2) is 30.8 Å². The molecule has 0 aliphatic carbocycles. The Bertz CT molecular complexity index is 479. The minimum atomic E-state index is -3.42. The first-order valence-electron chi connectivity index (χ1n) is 5.81. The minimum Gasteiger partial charge on any atom is -0.397 e. The maximum Gasteiger partial charge on any atom is 0.244 e. The molecule has 0 unspecified atom stereocenters. The van der Waals surface area contributed by atoms with Crippen molar-refractivity contribution in [3.63, 3.8) is 0 Å². The van der Waals surface area contributed by atoms with Gasteiger partial charge in [-0.1, -0.05) is 12.8 Å². The van der Waals surface area contributed by atoms with Crippen LogP contribution >= 0.6 is 0 Å². The molecule has 1 fully saturated rings. The van der Waals surface area contributed by atoms with Gasteiger partial charge >= 0.3 is 0 Å². The van der Waals surface area contributed by atoms with Gasteiger partial charge in [0.15, 0.2) is 0 Å². The van der Waals surface area contributed by atoms with Crippen molar-refractivity contribution in [2.75, 3.05) is 18.8 Å². The van der Waals surface area contributed by atoms with Crippen LogP contribution in [0.25, 0.3) is 0 Å². The lowest BCUT2D eigenvalue weighted by molar-refractivity contribution is 0.423. The molecule has 0 aromatic carbocycles. The van der Waals surface area contributed by atoms with Gasteiger partial charge in [0.1, 0.15) is 4.90 Å². The Labute approximate surface area is 102 Å². The highest BCUT2D eigenvalue weighted by atomic mass is 32.2. The molecule has 0 atom stereocenters. The zero-order valence-electron chi connectivity index (χ0n) is 9.67. The Morgan fingerprint density at radius 3 is 2.35 bits per heavy atom. The molecule has 0 spiro atoms. The summed E-state index contributed by atoms with van der Waals surface area (Å²) in [5.41, 5.74) is 5.95. The SMILES string of the molecule is Nc1cncc(S(=O)(=O)N2CCCCCC2)c1. The third-order valence-corrected chi connectivity index (χ3v) is 4.80. The number of nitrogens with zero attached hydrogens (tertiary/aromatic N) is 2. The van der Waals surface area contributed by atoms with Crippen molar-refractivity contribution in [2.24, 2.45) is 0 Å². The molecule has 1 aromatic rings. The van der Waals surface area contributed by atoms with Crippen LogP contribution in [0.5, 0.6) is 0 Å². The van der Waals surface area contributed by atoms with E-state index in [1.807, 2.05) is 0 Å². The van der Waals surface area contributed by atoms with E-state index in [-0.39, 0.29) is 4.90 Å². The van der Waals surface area contributed by atoms with Crippen molar-refractivity contribution >= 4 is 15.7 Å². The van der Waals surface area contributed by atoms with Gasteiger partial charge in [-0.15, -0.1) is 0 Å². The third kappa shape index (κ3) is 2.76. The lowest BCUT2D eigenvalue weighted by atomic mass is 10.2. The van der Waals surface area contributed by atoms with E-state index in [4.69, 9.17) is 5.73 Å². The molecule has 5 nitrogen and oxygen atoms in total. The van der Waals surface area contributed by atoms with E-state index in [9.17, 15) is 8.42 Å². The Balaban J connectivity index is 2.28. The van der Waals surface area contributed by atoms with E-state index >= 15 is 0 Å². The molecule has 2 heterocycles. The number of aromatic nitrogens is 1. The Hall–Kier alpha value is -1.14. The van der Waals surface area contributed by atoms with Gasteiger partial charge in [0.05, 0.1) is 5.69 Å². The molecule has 0 radical (unpaired) electrons. The molecule has 1 aromatic heterocycles. The maximum atomic E-state index is 12.3. The number of hydrogen-bond acceptors (Lipinski definition) is 4. The molecule has 2 N–H and O–H groups in total. The predicted octanol–water partition coefficient (Wildman–Crippen LogP) is 1.23. The zero-order chi connectivity index (χ0) is 12.3. The molecule has 94 valence electrons. The summed E-state index contributed by atoms with van der Waals surface area (Å²) < 4.78 is 26.2. The van der Waals surface area contributed by atoms with Crippen molar-refractivity contribution < 1.29 is 8.42 Å². The van der Waals surface area contributed by atoms with Gasteiger partial charge in [0, 0.05) is 25.5 Å². The third-order valence-electron chi connectivity index (χ3n) is 2.94. The quantitative estimate of drug-likeness (QED) is 0.862. The molecule has 6 heteroatoms. The fraction of sp³-hybridized carbons (Fsp3) is 0.545. The first-order chi connectivity index (χ1) is 8.10. The van der Waals surface area contributed by atoms with E-state index in [1.165, 1.54) is 22.8 Å². The number of pyridine rings is 1. The summed E-state index contributed by atoms with van der Waals surface area (Å²) in [5, 5.41) is 0. The number of nitrogen functional groups attached to an aromatic ring is 1. The standard InChI is InChI=1S/C11H17N3O2S/c12-10-7-11(9-13-8-10)17(15,16)14-5-3-1-2-4-6-14/h7-9H,1-6,12H2. The summed E-state index contributed by atoms with van der Waals surface area (Å²) >= 11 is 0. The summed E-state index contributed by atoms with van der Waals surface area (Å²) in [6, 6.07) is 1.47. The van der Waals surface area contributed by atoms with Crippen molar-refractivity contribution in [2.45, 2.75) is 30.6 Å². The molecule has 2 rings (SSSR count). The van der Waals surface area contributed by atoms with Gasteiger partial charge in [-0.2, -0.15) is 4.31 Å². The molecule has 1 aliphatic heterocycles. The highest BCUT2D eigenvalue weighted by Gasteiger charge is 2.25. The number of rotatable bonds is 2. The topological polar surface area (TPSA) is 76.3 Å². The Morgan fingerprint density at radius 1 is 1.12 bits per heavy atom. The fourth-order valence-electron chi connectivity index (χ4n) is 2.01. The van der Waals surface area contributed by atoms with E-state index in [0.717, 1.165) is 25.7 Å². The van der Waals surface area contributed by atoms with Crippen LogP contribution in [0.4, 0.5) is 5.69 Å². The van der Waals surface area contributed by atoms with Crippen LogP contribution in [0.3, 0.4) is 0 Å². The van der Waals surface area contributed by atoms with E-state index in [1.54, 1.807) is 0 Å². The molecule has 17 heavy (non-hydrogen) atoms. The predicted molar refractivity (Wildman–Crippen MR) is 65.9 cm³/mol. The first kappa shape index (κ1) is 12.3. The highest BCUT2D eigenvalue weighted by molar-refractivity contribution is 7.89. The molecular formula is C11H17N3O2S. The lowest BCUT2D eigenvalue weighted by Gasteiger charge is -2.19. The summed E-state index contributed by atoms with van der Waals surface area (Å²) in [5.74, 6) is 0. The van der Waals surface area contributed by atoms with Crippen LogP contribution in [0.2, 0.25) is 0 Å². The van der Waals surface area contributed by atoms with Crippen molar-refractivity contribution in [3.8, 4) is 0 Å². The largest absolute Gasteiger partial charge is 0.397 e. The van der Waals surface area contributed by atoms with Gasteiger partial charge in [-0.25, -0.2) is 8.42 Å². The number of anilines is 1. The van der Waals surface area contributed by atoms with E-state index in [2.05, 4.69) is 4.98 Å². The van der Waals surface area contributed by atoms with Gasteiger partial charge in [-0.05, 0) is 18.9 Å². The normalized spacial score (nSPS) is 18.8. The van der Waals surface area contributed by atoms with Gasteiger partial charge in [0.2, 0.25) is 10.0 Å². The zero-order valence-corrected chi connectivity index (χ0v) is 10.5. The van der Waals surface area contributed by atoms with Crippen LogP contribution in [-0.2, 0) is 10.0 Å². The Morgan fingerprint density at radius 2 is 1.76 bits per heavy atom. The van der Waals surface area contributed by atoms with Crippen LogP contribution < -0.4 is 5.73 Å². The van der Waals surface area contributed by atoms with Crippen LogP contribution in [0.15, 0.2) is 23.4 Å². The molecule has 1 aliphatic rings. The second kappa shape index (κ2) is 5.01. The smallest absolute Gasteiger partial charge is 0.244 e. The maximum absolute atomic E-state index is 12.3. The number of nitrogens with two attached hydrogens (primary N) is 1. The van der Waals surface area contributed by atoms with Crippen LogP contribution in [0.1, 0.15) is 25.7 Å². The van der Waals surface area contributed by atoms with E-state index in [0.29, 0.717) is 18.8 Å². The lowest BCUT2D eigenvalue weighted by Crippen LogP contribution is -2.32. The fourth-order valence-corrected chi connectivity index (χ4v) is 3.52. The average Bonchev–Trinajstić information content (AvgIpc) is 2.58. The molecular weight excluding hydrogens is 238 g/mol. The average molecular weight is 255 g/mol. The van der Waals surface area contributed by atoms with Crippen molar-refractivity contribution in [1.29, 1.82) is 0 Å². The Kier molecular flexibility index (Phi) is 3.63. The summed E-state index contributed by atoms with van der Waals surface area (Å²) in [4.78, 5) is 4.03. The van der Waals surface area contributed by atoms with Crippen molar-refractivity contribution in [3.05, 3.63) is 18.5 Å². The summed E-state index contributed by atoms with van der Waals surface area (Å²) in [7, 11) is -3.42. The summed E-state index contributed by atoms with van der Waals surface area (Å²) in [6.07, 6.45) is 6.85. The monoisotopic (exact) mass is 255 g/mol. The van der Waals surface area contributed by atoms with Crippen LogP contribution in [0, 0.1) is 0 Å². The van der Waals surface area contributed by atoms with E-state index < -0.39 is 10.0 Å². The van der Waals surface area contributed by atoms with Gasteiger partial charge in [-0.3, -0.25) is 4.98 Å². The molecule has 0 bridgehead atoms. The molecule has 0 saturated carbocycles. The second-order valence-electron chi connectivity index (χ2n) is 4.27. The highest BCUT2D eigenvalue weighted by Crippen LogP contribution is 2.20. The van der Waals surface area contributed by atoms with Gasteiger partial charge < -0.3 is 5.73 Å². The molecule has 0 amide bonds. The van der Waals surface area contributed by atoms with Crippen molar-refractivity contribution in [1.82, 2.24) is 9.29 Å². The number of hydrogen-bond donors (Lipinski definition) is 1. The van der Waals surface area contributed by atoms with Gasteiger partial charge in [0.25, 0.3) is 0 Å².